The third-order valence-electron chi connectivity index (χ3n) is 2.21. The summed E-state index contributed by atoms with van der Waals surface area (Å²) in [6.45, 7) is 2.72. The smallest absolute Gasteiger partial charge is 0.163 e. The van der Waals surface area contributed by atoms with Gasteiger partial charge < -0.3 is 10.3 Å². The minimum absolute atomic E-state index is 0.140. The zero-order valence-corrected chi connectivity index (χ0v) is 8.31. The third-order valence-corrected chi connectivity index (χ3v) is 2.21. The second-order valence-electron chi connectivity index (χ2n) is 3.18. The Morgan fingerprint density at radius 2 is 2.27 bits per heavy atom. The monoisotopic (exact) mass is 206 g/mol. The number of rotatable bonds is 2. The van der Waals surface area contributed by atoms with Crippen LogP contribution in [0.4, 0.5) is 10.1 Å². The number of nitrogen functional groups attached to an aromatic ring is 1. The second-order valence-corrected chi connectivity index (χ2v) is 3.18. The van der Waals surface area contributed by atoms with Crippen molar-refractivity contribution in [2.75, 3.05) is 5.73 Å². The molecule has 0 radical (unpaired) electrons. The number of anilines is 1. The highest BCUT2D eigenvalue weighted by atomic mass is 19.1. The lowest BCUT2D eigenvalue weighted by molar-refractivity contribution is 0.632. The number of aryl methyl sites for hydroxylation is 1. The molecule has 0 spiro atoms. The molecule has 0 bridgehead atoms. The van der Waals surface area contributed by atoms with Gasteiger partial charge in [-0.1, -0.05) is 0 Å². The van der Waals surface area contributed by atoms with Crippen LogP contribution in [0.1, 0.15) is 6.92 Å². The first kappa shape index (κ1) is 9.64. The Kier molecular flexibility index (Phi) is 2.37. The number of aromatic nitrogens is 3. The lowest BCUT2D eigenvalue weighted by Crippen LogP contribution is -1.97. The van der Waals surface area contributed by atoms with Crippen molar-refractivity contribution >= 4 is 5.69 Å². The Hall–Kier alpha value is -1.91. The van der Waals surface area contributed by atoms with Crippen LogP contribution in [0.3, 0.4) is 0 Å². The molecule has 0 atom stereocenters. The van der Waals surface area contributed by atoms with Gasteiger partial charge in [-0.25, -0.2) is 4.39 Å². The molecule has 1 aromatic heterocycles. The van der Waals surface area contributed by atoms with Gasteiger partial charge in [0.1, 0.15) is 12.1 Å². The third kappa shape index (κ3) is 1.68. The molecular weight excluding hydrogens is 195 g/mol. The van der Waals surface area contributed by atoms with Gasteiger partial charge in [-0.05, 0) is 25.1 Å². The van der Waals surface area contributed by atoms with Gasteiger partial charge in [0, 0.05) is 12.1 Å². The lowest BCUT2D eigenvalue weighted by Gasteiger charge is -2.04. The van der Waals surface area contributed by atoms with Crippen LogP contribution in [0.2, 0.25) is 0 Å². The summed E-state index contributed by atoms with van der Waals surface area (Å²) in [4.78, 5) is 0. The molecule has 0 unspecified atom stereocenters. The van der Waals surface area contributed by atoms with E-state index in [2.05, 4.69) is 10.2 Å². The first-order valence-corrected chi connectivity index (χ1v) is 4.65. The van der Waals surface area contributed by atoms with E-state index in [1.54, 1.807) is 12.4 Å². The molecule has 2 N–H and O–H groups in total. The SMILES string of the molecule is CCn1cnnc1-c1ccc(N)c(F)c1. The summed E-state index contributed by atoms with van der Waals surface area (Å²) < 4.78 is 15.1. The highest BCUT2D eigenvalue weighted by Crippen LogP contribution is 2.20. The van der Waals surface area contributed by atoms with E-state index in [-0.39, 0.29) is 5.69 Å². The van der Waals surface area contributed by atoms with Crippen molar-refractivity contribution in [2.45, 2.75) is 13.5 Å². The normalized spacial score (nSPS) is 10.5. The molecule has 0 aliphatic rings. The fraction of sp³-hybridized carbons (Fsp3) is 0.200. The van der Waals surface area contributed by atoms with E-state index in [0.29, 0.717) is 11.4 Å². The quantitative estimate of drug-likeness (QED) is 0.760. The second kappa shape index (κ2) is 3.68. The molecule has 4 nitrogen and oxygen atoms in total. The zero-order chi connectivity index (χ0) is 10.8. The lowest BCUT2D eigenvalue weighted by atomic mass is 10.2. The van der Waals surface area contributed by atoms with Crippen molar-refractivity contribution in [3.63, 3.8) is 0 Å². The van der Waals surface area contributed by atoms with Crippen molar-refractivity contribution in [1.82, 2.24) is 14.8 Å². The molecule has 0 aliphatic carbocycles. The van der Waals surface area contributed by atoms with Gasteiger partial charge in [0.05, 0.1) is 5.69 Å². The summed E-state index contributed by atoms with van der Waals surface area (Å²) in [5, 5.41) is 7.71. The van der Waals surface area contributed by atoms with Gasteiger partial charge in [0.15, 0.2) is 5.82 Å². The first-order valence-electron chi connectivity index (χ1n) is 4.65. The van der Waals surface area contributed by atoms with Crippen LogP contribution in [-0.4, -0.2) is 14.8 Å². The number of benzene rings is 1. The van der Waals surface area contributed by atoms with E-state index in [1.165, 1.54) is 12.1 Å². The fourth-order valence-corrected chi connectivity index (χ4v) is 1.38. The molecule has 2 aromatic rings. The maximum atomic E-state index is 13.2. The Balaban J connectivity index is 2.50. The van der Waals surface area contributed by atoms with E-state index in [4.69, 9.17) is 5.73 Å². The number of hydrogen-bond acceptors (Lipinski definition) is 3. The Labute approximate surface area is 86.6 Å². The molecule has 1 heterocycles. The summed E-state index contributed by atoms with van der Waals surface area (Å²) in [6, 6.07) is 4.62. The van der Waals surface area contributed by atoms with Crippen LogP contribution in [0, 0.1) is 5.82 Å². The predicted molar refractivity (Wildman–Crippen MR) is 55.5 cm³/mol. The summed E-state index contributed by atoms with van der Waals surface area (Å²) >= 11 is 0. The highest BCUT2D eigenvalue weighted by molar-refractivity contribution is 5.59. The van der Waals surface area contributed by atoms with Gasteiger partial charge in [-0.15, -0.1) is 10.2 Å². The van der Waals surface area contributed by atoms with Crippen LogP contribution in [0.15, 0.2) is 24.5 Å². The van der Waals surface area contributed by atoms with Crippen LogP contribution < -0.4 is 5.73 Å². The van der Waals surface area contributed by atoms with E-state index < -0.39 is 5.82 Å². The molecule has 78 valence electrons. The van der Waals surface area contributed by atoms with E-state index in [0.717, 1.165) is 6.54 Å². The van der Waals surface area contributed by atoms with Crippen molar-refractivity contribution in [2.24, 2.45) is 0 Å². The molecule has 0 saturated carbocycles. The maximum absolute atomic E-state index is 13.2. The molecule has 0 aliphatic heterocycles. The molecule has 5 heteroatoms. The van der Waals surface area contributed by atoms with Crippen molar-refractivity contribution in [1.29, 1.82) is 0 Å². The summed E-state index contributed by atoms with van der Waals surface area (Å²) in [7, 11) is 0. The Morgan fingerprint density at radius 1 is 1.47 bits per heavy atom. The summed E-state index contributed by atoms with van der Waals surface area (Å²) in [5.41, 5.74) is 6.22. The van der Waals surface area contributed by atoms with Crippen molar-refractivity contribution in [3.05, 3.63) is 30.3 Å². The standard InChI is InChI=1S/C10H11FN4/c1-2-15-6-13-14-10(15)7-3-4-9(12)8(11)5-7/h3-6H,2,12H2,1H3. The van der Waals surface area contributed by atoms with Gasteiger partial charge in [0.2, 0.25) is 0 Å². The van der Waals surface area contributed by atoms with Crippen LogP contribution >= 0.6 is 0 Å². The number of nitrogens with zero attached hydrogens (tertiary/aromatic N) is 3. The van der Waals surface area contributed by atoms with E-state index >= 15 is 0 Å². The van der Waals surface area contributed by atoms with Crippen molar-refractivity contribution in [3.8, 4) is 11.4 Å². The maximum Gasteiger partial charge on any atom is 0.163 e. The Morgan fingerprint density at radius 3 is 2.93 bits per heavy atom. The number of halogens is 1. The first-order chi connectivity index (χ1) is 7.22. The average molecular weight is 206 g/mol. The van der Waals surface area contributed by atoms with Gasteiger partial charge in [-0.3, -0.25) is 0 Å². The summed E-state index contributed by atoms with van der Waals surface area (Å²) in [5.74, 6) is 0.217. The predicted octanol–water partition coefficient (Wildman–Crippen LogP) is 1.69. The van der Waals surface area contributed by atoms with Crippen LogP contribution in [0.25, 0.3) is 11.4 Å². The molecule has 0 saturated heterocycles. The molecule has 0 amide bonds. The van der Waals surface area contributed by atoms with Crippen LogP contribution in [0.5, 0.6) is 0 Å². The van der Waals surface area contributed by atoms with Crippen LogP contribution in [-0.2, 0) is 6.54 Å². The average Bonchev–Trinajstić information content (AvgIpc) is 2.70. The highest BCUT2D eigenvalue weighted by Gasteiger charge is 2.08. The minimum Gasteiger partial charge on any atom is -0.396 e. The fourth-order valence-electron chi connectivity index (χ4n) is 1.38. The molecular formula is C10H11FN4. The molecule has 2 rings (SSSR count). The van der Waals surface area contributed by atoms with E-state index in [1.807, 2.05) is 11.5 Å². The van der Waals surface area contributed by atoms with Crippen molar-refractivity contribution < 1.29 is 4.39 Å². The molecule has 1 aromatic carbocycles. The largest absolute Gasteiger partial charge is 0.396 e. The number of hydrogen-bond donors (Lipinski definition) is 1. The Bertz CT molecular complexity index is 478. The number of nitrogens with two attached hydrogens (primary N) is 1. The molecule has 0 fully saturated rings. The van der Waals surface area contributed by atoms with E-state index in [9.17, 15) is 4.39 Å². The topological polar surface area (TPSA) is 56.7 Å². The zero-order valence-electron chi connectivity index (χ0n) is 8.31. The van der Waals surface area contributed by atoms with Gasteiger partial charge in [0.25, 0.3) is 0 Å². The van der Waals surface area contributed by atoms with Gasteiger partial charge >= 0.3 is 0 Å². The summed E-state index contributed by atoms with van der Waals surface area (Å²) in [6.07, 6.45) is 1.61. The minimum atomic E-state index is -0.432. The van der Waals surface area contributed by atoms with Gasteiger partial charge in [-0.2, -0.15) is 0 Å². The molecule has 15 heavy (non-hydrogen) atoms.